The normalized spacial score (nSPS) is 10.6. The van der Waals surface area contributed by atoms with Crippen LogP contribution in [-0.4, -0.2) is 29.1 Å². The van der Waals surface area contributed by atoms with Crippen LogP contribution in [0.15, 0.2) is 42.5 Å². The van der Waals surface area contributed by atoms with Gasteiger partial charge in [-0.05, 0) is 26.0 Å². The average Bonchev–Trinajstić information content (AvgIpc) is 2.35. The molecule has 2 N–H and O–H groups in total. The van der Waals surface area contributed by atoms with E-state index in [1.807, 2.05) is 18.2 Å². The van der Waals surface area contributed by atoms with Crippen LogP contribution in [0.3, 0.4) is 0 Å². The molecule has 1 aromatic carbocycles. The van der Waals surface area contributed by atoms with Crippen molar-refractivity contribution in [3.63, 3.8) is 0 Å². The van der Waals surface area contributed by atoms with Gasteiger partial charge in [-0.2, -0.15) is 0 Å². The summed E-state index contributed by atoms with van der Waals surface area (Å²) in [7, 11) is 0. The minimum atomic E-state index is -1.11. The maximum Gasteiger partial charge on any atom is 0.322 e. The van der Waals surface area contributed by atoms with E-state index in [-0.39, 0.29) is 5.57 Å². The third-order valence-corrected chi connectivity index (χ3v) is 2.52. The highest BCUT2D eigenvalue weighted by Gasteiger charge is 2.29. The second-order valence-electron chi connectivity index (χ2n) is 4.48. The Balaban J connectivity index is 2.68. The van der Waals surface area contributed by atoms with E-state index in [1.54, 1.807) is 26.0 Å². The molecule has 0 atom stereocenters. The Morgan fingerprint density at radius 3 is 2.42 bits per heavy atom. The zero-order valence-electron chi connectivity index (χ0n) is 11.0. The van der Waals surface area contributed by atoms with Crippen molar-refractivity contribution in [3.05, 3.63) is 42.5 Å². The van der Waals surface area contributed by atoms with Crippen molar-refractivity contribution in [2.45, 2.75) is 19.4 Å². The largest absolute Gasteiger partial charge is 0.483 e. The van der Waals surface area contributed by atoms with Crippen LogP contribution < -0.4 is 10.1 Å². The van der Waals surface area contributed by atoms with Crippen molar-refractivity contribution in [1.29, 1.82) is 0 Å². The Labute approximate surface area is 111 Å². The lowest BCUT2D eigenvalue weighted by atomic mass is 9.98. The first-order valence-electron chi connectivity index (χ1n) is 5.76. The SMILES string of the molecule is C=C(C(=O)NCC(=O)O)C(C)(C)Oc1ccccc1. The Bertz CT molecular complexity index is 479. The van der Waals surface area contributed by atoms with E-state index >= 15 is 0 Å². The summed E-state index contributed by atoms with van der Waals surface area (Å²) < 4.78 is 5.68. The summed E-state index contributed by atoms with van der Waals surface area (Å²) in [5.41, 5.74) is -0.762. The summed E-state index contributed by atoms with van der Waals surface area (Å²) in [4.78, 5) is 22.1. The van der Waals surface area contributed by atoms with Gasteiger partial charge in [0.1, 0.15) is 17.9 Å². The fourth-order valence-electron chi connectivity index (χ4n) is 1.38. The number of carboxylic acids is 1. The van der Waals surface area contributed by atoms with Crippen LogP contribution in [0.5, 0.6) is 5.75 Å². The predicted molar refractivity (Wildman–Crippen MR) is 70.9 cm³/mol. The second-order valence-corrected chi connectivity index (χ2v) is 4.48. The van der Waals surface area contributed by atoms with Gasteiger partial charge < -0.3 is 15.2 Å². The van der Waals surface area contributed by atoms with Gasteiger partial charge in [0.2, 0.25) is 0 Å². The minimum Gasteiger partial charge on any atom is -0.483 e. The molecule has 5 nitrogen and oxygen atoms in total. The summed E-state index contributed by atoms with van der Waals surface area (Å²) in [6.45, 7) is 6.62. The Hall–Kier alpha value is -2.30. The number of para-hydroxylation sites is 1. The fraction of sp³-hybridized carbons (Fsp3) is 0.286. The number of benzene rings is 1. The van der Waals surface area contributed by atoms with Crippen molar-refractivity contribution < 1.29 is 19.4 Å². The highest BCUT2D eigenvalue weighted by molar-refractivity contribution is 5.96. The first-order valence-corrected chi connectivity index (χ1v) is 5.76. The molecule has 0 aliphatic rings. The molecule has 1 rings (SSSR count). The number of carbonyl (C=O) groups is 2. The number of carbonyl (C=O) groups excluding carboxylic acids is 1. The van der Waals surface area contributed by atoms with E-state index in [0.29, 0.717) is 5.75 Å². The zero-order valence-corrected chi connectivity index (χ0v) is 11.0. The molecular weight excluding hydrogens is 246 g/mol. The maximum atomic E-state index is 11.7. The molecule has 1 amide bonds. The molecule has 0 spiro atoms. The van der Waals surface area contributed by atoms with E-state index in [1.165, 1.54) is 0 Å². The number of carboxylic acid groups (broad SMARTS) is 1. The van der Waals surface area contributed by atoms with Gasteiger partial charge >= 0.3 is 5.97 Å². The second kappa shape index (κ2) is 6.04. The molecule has 0 bridgehead atoms. The number of amides is 1. The summed E-state index contributed by atoms with van der Waals surface area (Å²) in [6, 6.07) is 9.03. The van der Waals surface area contributed by atoms with Crippen molar-refractivity contribution in [2.24, 2.45) is 0 Å². The zero-order chi connectivity index (χ0) is 14.5. The first kappa shape index (κ1) is 14.8. The summed E-state index contributed by atoms with van der Waals surface area (Å²) in [6.07, 6.45) is 0. The smallest absolute Gasteiger partial charge is 0.322 e. The first-order chi connectivity index (χ1) is 8.83. The lowest BCUT2D eigenvalue weighted by Gasteiger charge is -2.27. The molecule has 0 unspecified atom stereocenters. The van der Waals surface area contributed by atoms with Gasteiger partial charge in [0.05, 0.1) is 5.57 Å². The molecule has 1 aromatic rings. The molecule has 5 heteroatoms. The molecule has 0 saturated heterocycles. The number of ether oxygens (including phenoxy) is 1. The molecule has 0 heterocycles. The van der Waals surface area contributed by atoms with Crippen molar-refractivity contribution in [3.8, 4) is 5.75 Å². The average molecular weight is 263 g/mol. The molecule has 0 aromatic heterocycles. The number of rotatable bonds is 6. The highest BCUT2D eigenvalue weighted by atomic mass is 16.5. The van der Waals surface area contributed by atoms with Crippen LogP contribution in [0.4, 0.5) is 0 Å². The molecule has 102 valence electrons. The van der Waals surface area contributed by atoms with Crippen molar-refractivity contribution in [1.82, 2.24) is 5.32 Å². The highest BCUT2D eigenvalue weighted by Crippen LogP contribution is 2.23. The monoisotopic (exact) mass is 263 g/mol. The van der Waals surface area contributed by atoms with Gasteiger partial charge in [0, 0.05) is 0 Å². The Kier molecular flexibility index (Phi) is 4.69. The van der Waals surface area contributed by atoms with Crippen LogP contribution in [0.1, 0.15) is 13.8 Å². The lowest BCUT2D eigenvalue weighted by Crippen LogP contribution is -2.40. The molecule has 19 heavy (non-hydrogen) atoms. The van der Waals surface area contributed by atoms with E-state index in [4.69, 9.17) is 9.84 Å². The number of hydrogen-bond acceptors (Lipinski definition) is 3. The topological polar surface area (TPSA) is 75.6 Å². The maximum absolute atomic E-state index is 11.7. The summed E-state index contributed by atoms with van der Waals surface area (Å²) in [5.74, 6) is -1.04. The van der Waals surface area contributed by atoms with Gasteiger partial charge in [0.15, 0.2) is 0 Å². The van der Waals surface area contributed by atoms with E-state index in [2.05, 4.69) is 11.9 Å². The number of aliphatic carboxylic acids is 1. The van der Waals surface area contributed by atoms with Gasteiger partial charge in [-0.3, -0.25) is 9.59 Å². The van der Waals surface area contributed by atoms with E-state index in [9.17, 15) is 9.59 Å². The summed E-state index contributed by atoms with van der Waals surface area (Å²) >= 11 is 0. The van der Waals surface area contributed by atoms with Crippen LogP contribution >= 0.6 is 0 Å². The Morgan fingerprint density at radius 1 is 1.32 bits per heavy atom. The predicted octanol–water partition coefficient (Wildman–Crippen LogP) is 1.60. The lowest BCUT2D eigenvalue weighted by molar-refractivity contribution is -0.137. The number of nitrogens with one attached hydrogen (secondary N) is 1. The molecule has 0 fully saturated rings. The van der Waals surface area contributed by atoms with Gasteiger partial charge in [-0.25, -0.2) is 0 Å². The fourth-order valence-corrected chi connectivity index (χ4v) is 1.38. The number of hydrogen-bond donors (Lipinski definition) is 2. The van der Waals surface area contributed by atoms with Gasteiger partial charge in [-0.1, -0.05) is 24.8 Å². The van der Waals surface area contributed by atoms with E-state index in [0.717, 1.165) is 0 Å². The Morgan fingerprint density at radius 2 is 1.89 bits per heavy atom. The van der Waals surface area contributed by atoms with Crippen molar-refractivity contribution >= 4 is 11.9 Å². The third kappa shape index (κ3) is 4.46. The third-order valence-electron chi connectivity index (χ3n) is 2.52. The van der Waals surface area contributed by atoms with Crippen molar-refractivity contribution in [2.75, 3.05) is 6.54 Å². The van der Waals surface area contributed by atoms with Gasteiger partial charge in [-0.15, -0.1) is 0 Å². The quantitative estimate of drug-likeness (QED) is 0.764. The molecule has 0 aliphatic carbocycles. The van der Waals surface area contributed by atoms with Crippen LogP contribution in [0.25, 0.3) is 0 Å². The molecule has 0 aliphatic heterocycles. The van der Waals surface area contributed by atoms with Crippen LogP contribution in [0.2, 0.25) is 0 Å². The molecule has 0 saturated carbocycles. The molecular formula is C14H17NO4. The molecule has 0 radical (unpaired) electrons. The summed E-state index contributed by atoms with van der Waals surface area (Å²) in [5, 5.41) is 10.8. The standard InChI is InChI=1S/C14H17NO4/c1-10(13(18)15-9-12(16)17)14(2,3)19-11-7-5-4-6-8-11/h4-8H,1,9H2,2-3H3,(H,15,18)(H,16,17). The minimum absolute atomic E-state index is 0.164. The van der Waals surface area contributed by atoms with Gasteiger partial charge in [0.25, 0.3) is 5.91 Å². The van der Waals surface area contributed by atoms with Crippen LogP contribution in [-0.2, 0) is 9.59 Å². The van der Waals surface area contributed by atoms with Crippen LogP contribution in [0, 0.1) is 0 Å². The van der Waals surface area contributed by atoms with E-state index < -0.39 is 24.0 Å².